The van der Waals surface area contributed by atoms with E-state index in [1.54, 1.807) is 38.2 Å². The summed E-state index contributed by atoms with van der Waals surface area (Å²) in [6, 6.07) is 10.6. The molecule has 2 N–H and O–H groups in total. The Kier molecular flexibility index (Phi) is 7.21. The quantitative estimate of drug-likeness (QED) is 0.289. The SMILES string of the molecule is CC(C)(CCC(=O)c1cc2cc(Cl)c(OCc3ccccn3)cc2nc1Cl)[S+](N)[O-]. The van der Waals surface area contributed by atoms with Gasteiger partial charge in [-0.2, -0.15) is 5.14 Å². The van der Waals surface area contributed by atoms with Crippen molar-refractivity contribution in [2.45, 2.75) is 38.0 Å². The second-order valence-corrected chi connectivity index (χ2v) is 9.86. The van der Waals surface area contributed by atoms with Gasteiger partial charge in [0.05, 0.1) is 21.8 Å². The standard InChI is InChI=1S/C21H21Cl2N3O3S/c1-21(2,30(24)28)7-6-18(27)15-9-13-10-16(22)19(11-17(13)26-20(15)23)29-12-14-5-3-4-8-25-14/h3-5,8-11H,6-7,12,24H2,1-2H3. The van der Waals surface area contributed by atoms with Crippen molar-refractivity contribution in [2.75, 3.05) is 0 Å². The van der Waals surface area contributed by atoms with Crippen LogP contribution < -0.4 is 9.88 Å². The summed E-state index contributed by atoms with van der Waals surface area (Å²) in [7, 11) is 0. The van der Waals surface area contributed by atoms with Crippen LogP contribution in [0.2, 0.25) is 10.2 Å². The molecule has 3 rings (SSSR count). The van der Waals surface area contributed by atoms with Crippen molar-refractivity contribution >= 4 is 51.2 Å². The second-order valence-electron chi connectivity index (χ2n) is 7.39. The van der Waals surface area contributed by atoms with Crippen LogP contribution in [0.3, 0.4) is 0 Å². The number of fused-ring (bicyclic) bond motifs is 1. The van der Waals surface area contributed by atoms with E-state index < -0.39 is 16.1 Å². The first-order valence-corrected chi connectivity index (χ1v) is 11.2. The summed E-state index contributed by atoms with van der Waals surface area (Å²) >= 11 is 11.1. The Bertz CT molecular complexity index is 1060. The molecule has 0 aliphatic rings. The van der Waals surface area contributed by atoms with Crippen molar-refractivity contribution < 1.29 is 14.1 Å². The highest BCUT2D eigenvalue weighted by molar-refractivity contribution is 7.90. The van der Waals surface area contributed by atoms with Gasteiger partial charge in [-0.1, -0.05) is 29.3 Å². The summed E-state index contributed by atoms with van der Waals surface area (Å²) in [5.41, 5.74) is 1.61. The van der Waals surface area contributed by atoms with Gasteiger partial charge in [-0.25, -0.2) is 4.98 Å². The predicted molar refractivity (Wildman–Crippen MR) is 120 cm³/mol. The molecule has 0 amide bonds. The minimum Gasteiger partial charge on any atom is -0.598 e. The molecule has 0 radical (unpaired) electrons. The first kappa shape index (κ1) is 22.8. The van der Waals surface area contributed by atoms with Gasteiger partial charge in [0.2, 0.25) is 0 Å². The number of hydrogen-bond acceptors (Lipinski definition) is 6. The van der Waals surface area contributed by atoms with Gasteiger partial charge >= 0.3 is 0 Å². The molecule has 3 aromatic rings. The van der Waals surface area contributed by atoms with Gasteiger partial charge in [0.1, 0.15) is 22.3 Å². The van der Waals surface area contributed by atoms with E-state index in [0.717, 1.165) is 5.69 Å². The van der Waals surface area contributed by atoms with E-state index in [2.05, 4.69) is 9.97 Å². The minimum absolute atomic E-state index is 0.0946. The van der Waals surface area contributed by atoms with Crippen molar-refractivity contribution in [3.63, 3.8) is 0 Å². The van der Waals surface area contributed by atoms with E-state index in [1.165, 1.54) is 0 Å². The van der Waals surface area contributed by atoms with E-state index in [0.29, 0.717) is 33.7 Å². The number of nitrogens with zero attached hydrogens (tertiary/aromatic N) is 2. The number of ketones is 1. The number of hydrogen-bond donors (Lipinski definition) is 1. The van der Waals surface area contributed by atoms with Crippen molar-refractivity contribution in [3.8, 4) is 5.75 Å². The number of benzene rings is 1. The van der Waals surface area contributed by atoms with Crippen LogP contribution in [0.5, 0.6) is 5.75 Å². The van der Waals surface area contributed by atoms with Crippen LogP contribution in [0.4, 0.5) is 0 Å². The van der Waals surface area contributed by atoms with E-state index in [9.17, 15) is 9.35 Å². The lowest BCUT2D eigenvalue weighted by Crippen LogP contribution is -2.38. The molecule has 0 bridgehead atoms. The highest BCUT2D eigenvalue weighted by atomic mass is 35.5. The molecule has 0 spiro atoms. The fourth-order valence-electron chi connectivity index (χ4n) is 2.74. The molecule has 9 heteroatoms. The molecular formula is C21H21Cl2N3O3S. The zero-order valence-electron chi connectivity index (χ0n) is 16.5. The Morgan fingerprint density at radius 2 is 2.03 bits per heavy atom. The Morgan fingerprint density at radius 1 is 1.27 bits per heavy atom. The summed E-state index contributed by atoms with van der Waals surface area (Å²) < 4.78 is 16.7. The number of pyridine rings is 2. The maximum Gasteiger partial charge on any atom is 0.166 e. The van der Waals surface area contributed by atoms with Gasteiger partial charge in [-0.3, -0.25) is 9.78 Å². The second kappa shape index (κ2) is 9.49. The fourth-order valence-corrected chi connectivity index (χ4v) is 3.52. The van der Waals surface area contributed by atoms with Gasteiger partial charge in [0.15, 0.2) is 5.78 Å². The molecule has 1 atom stereocenters. The Labute approximate surface area is 188 Å². The summed E-state index contributed by atoms with van der Waals surface area (Å²) in [5, 5.41) is 6.63. The van der Waals surface area contributed by atoms with Crippen LogP contribution in [-0.4, -0.2) is 25.1 Å². The monoisotopic (exact) mass is 465 g/mol. The molecule has 0 aliphatic carbocycles. The third kappa shape index (κ3) is 5.42. The lowest BCUT2D eigenvalue weighted by atomic mass is 10.0. The Hall–Kier alpha value is -1.90. The van der Waals surface area contributed by atoms with E-state index >= 15 is 0 Å². The van der Waals surface area contributed by atoms with Gasteiger partial charge in [0, 0.05) is 41.9 Å². The average Bonchev–Trinajstić information content (AvgIpc) is 2.71. The topological polar surface area (TPSA) is 101 Å². The van der Waals surface area contributed by atoms with E-state index in [4.69, 9.17) is 33.1 Å². The zero-order chi connectivity index (χ0) is 21.9. The maximum absolute atomic E-state index is 12.7. The van der Waals surface area contributed by atoms with Gasteiger partial charge < -0.3 is 9.29 Å². The third-order valence-electron chi connectivity index (χ3n) is 4.72. The first-order chi connectivity index (χ1) is 14.2. The number of halogens is 2. The molecule has 1 unspecified atom stereocenters. The van der Waals surface area contributed by atoms with Crippen LogP contribution in [0, 0.1) is 0 Å². The number of ether oxygens (including phenoxy) is 1. The normalized spacial score (nSPS) is 12.7. The predicted octanol–water partition coefficient (Wildman–Crippen LogP) is 4.88. The first-order valence-electron chi connectivity index (χ1n) is 9.19. The minimum atomic E-state index is -1.53. The molecule has 2 aromatic heterocycles. The molecular weight excluding hydrogens is 445 g/mol. The molecule has 1 aromatic carbocycles. The lowest BCUT2D eigenvalue weighted by Gasteiger charge is -2.23. The molecule has 0 fully saturated rings. The summed E-state index contributed by atoms with van der Waals surface area (Å²) in [6.45, 7) is 3.76. The largest absolute Gasteiger partial charge is 0.598 e. The zero-order valence-corrected chi connectivity index (χ0v) is 18.9. The summed E-state index contributed by atoms with van der Waals surface area (Å²) in [4.78, 5) is 21.2. The fraction of sp³-hybridized carbons (Fsp3) is 0.286. The number of nitrogens with two attached hydrogens (primary N) is 1. The molecule has 158 valence electrons. The smallest absolute Gasteiger partial charge is 0.166 e. The molecule has 0 saturated heterocycles. The Balaban J connectivity index is 1.81. The molecule has 2 heterocycles. The van der Waals surface area contributed by atoms with Gasteiger partial charge in [-0.15, -0.1) is 0 Å². The van der Waals surface area contributed by atoms with Crippen molar-refractivity contribution in [1.29, 1.82) is 0 Å². The van der Waals surface area contributed by atoms with E-state index in [1.807, 2.05) is 18.2 Å². The number of carbonyl (C=O) groups excluding carboxylic acids is 1. The molecule has 30 heavy (non-hydrogen) atoms. The van der Waals surface area contributed by atoms with Crippen LogP contribution in [-0.2, 0) is 18.0 Å². The van der Waals surface area contributed by atoms with Crippen LogP contribution in [0.25, 0.3) is 10.9 Å². The number of carbonyl (C=O) groups is 1. The molecule has 0 saturated carbocycles. The molecule has 0 aliphatic heterocycles. The maximum atomic E-state index is 12.7. The van der Waals surface area contributed by atoms with Crippen molar-refractivity contribution in [3.05, 3.63) is 64.0 Å². The van der Waals surface area contributed by atoms with Gasteiger partial charge in [0.25, 0.3) is 0 Å². The van der Waals surface area contributed by atoms with Crippen LogP contribution >= 0.6 is 23.2 Å². The molecule has 6 nitrogen and oxygen atoms in total. The third-order valence-corrected chi connectivity index (χ3v) is 6.60. The highest BCUT2D eigenvalue weighted by Crippen LogP contribution is 2.32. The lowest BCUT2D eigenvalue weighted by molar-refractivity contribution is 0.0977. The number of aromatic nitrogens is 2. The van der Waals surface area contributed by atoms with Crippen LogP contribution in [0.15, 0.2) is 42.6 Å². The van der Waals surface area contributed by atoms with Crippen molar-refractivity contribution in [1.82, 2.24) is 9.97 Å². The van der Waals surface area contributed by atoms with Crippen LogP contribution in [0.1, 0.15) is 42.7 Å². The van der Waals surface area contributed by atoms with Gasteiger partial charge in [-0.05, 0) is 38.1 Å². The number of Topliss-reactive ketones (excluding diaryl/α,β-unsaturated/α-hetero) is 1. The summed E-state index contributed by atoms with van der Waals surface area (Å²) in [6.07, 6.45) is 2.21. The highest BCUT2D eigenvalue weighted by Gasteiger charge is 2.30. The number of rotatable bonds is 8. The summed E-state index contributed by atoms with van der Waals surface area (Å²) in [5.74, 6) is 0.254. The van der Waals surface area contributed by atoms with Crippen molar-refractivity contribution in [2.24, 2.45) is 5.14 Å². The van der Waals surface area contributed by atoms with E-state index in [-0.39, 0.29) is 24.0 Å². The average molecular weight is 466 g/mol. The Morgan fingerprint density at radius 3 is 2.70 bits per heavy atom.